The summed E-state index contributed by atoms with van der Waals surface area (Å²) in [4.78, 5) is 4.58. The summed E-state index contributed by atoms with van der Waals surface area (Å²) >= 11 is 3.93. The first kappa shape index (κ1) is 13.8. The molecule has 3 nitrogen and oxygen atoms in total. The zero-order valence-corrected chi connectivity index (χ0v) is 13.3. The van der Waals surface area contributed by atoms with E-state index in [2.05, 4.69) is 69.5 Å². The Morgan fingerprint density at radius 2 is 2.11 bits per heavy atom. The van der Waals surface area contributed by atoms with Crippen molar-refractivity contribution >= 4 is 39.1 Å². The Balaban J connectivity index is 2.08. The highest BCUT2D eigenvalue weighted by atomic mass is 127. The van der Waals surface area contributed by atoms with Crippen molar-refractivity contribution < 1.29 is 4.74 Å². The largest absolute Gasteiger partial charge is 0.383 e. The van der Waals surface area contributed by atoms with E-state index >= 15 is 0 Å². The first-order valence-corrected chi connectivity index (χ1v) is 7.62. The minimum atomic E-state index is 0.269. The van der Waals surface area contributed by atoms with E-state index in [-0.39, 0.29) is 6.04 Å². The van der Waals surface area contributed by atoms with E-state index in [0.29, 0.717) is 6.61 Å². The van der Waals surface area contributed by atoms with Crippen LogP contribution in [0.15, 0.2) is 29.6 Å². The summed E-state index contributed by atoms with van der Waals surface area (Å²) in [6.07, 6.45) is 0. The molecule has 1 aromatic heterocycles. The zero-order valence-electron chi connectivity index (χ0n) is 10.3. The highest BCUT2D eigenvalue weighted by molar-refractivity contribution is 14.1. The number of hydrogen-bond acceptors (Lipinski definition) is 4. The number of nitrogens with one attached hydrogen (secondary N) is 1. The van der Waals surface area contributed by atoms with Crippen molar-refractivity contribution in [2.45, 2.75) is 13.0 Å². The molecular formula is C13H15IN2OS. The Morgan fingerprint density at radius 3 is 2.78 bits per heavy atom. The second-order valence-electron chi connectivity index (χ2n) is 4.05. The van der Waals surface area contributed by atoms with E-state index in [1.54, 1.807) is 18.4 Å². The second kappa shape index (κ2) is 6.49. The predicted molar refractivity (Wildman–Crippen MR) is 85.2 cm³/mol. The van der Waals surface area contributed by atoms with Gasteiger partial charge in [0.05, 0.1) is 12.3 Å². The lowest BCUT2D eigenvalue weighted by Gasteiger charge is -2.10. The van der Waals surface area contributed by atoms with Crippen LogP contribution in [-0.2, 0) is 4.74 Å². The Hall–Kier alpha value is -0.660. The van der Waals surface area contributed by atoms with Crippen molar-refractivity contribution in [3.63, 3.8) is 0 Å². The fourth-order valence-electron chi connectivity index (χ4n) is 1.60. The maximum absolute atomic E-state index is 5.09. The van der Waals surface area contributed by atoms with Crippen molar-refractivity contribution in [1.29, 1.82) is 0 Å². The molecule has 0 radical (unpaired) electrons. The quantitative estimate of drug-likeness (QED) is 0.808. The van der Waals surface area contributed by atoms with Crippen LogP contribution in [0.2, 0.25) is 0 Å². The minimum absolute atomic E-state index is 0.269. The molecule has 0 unspecified atom stereocenters. The van der Waals surface area contributed by atoms with Crippen molar-refractivity contribution in [2.24, 2.45) is 0 Å². The third-order valence-corrected chi connectivity index (χ3v) is 3.92. The summed E-state index contributed by atoms with van der Waals surface area (Å²) in [5, 5.41) is 6.34. The Kier molecular flexibility index (Phi) is 4.96. The SMILES string of the molecule is COC[C@@H](C)Nc1nc(-c2ccc(I)cc2)cs1. The Morgan fingerprint density at radius 1 is 1.39 bits per heavy atom. The van der Waals surface area contributed by atoms with E-state index in [0.717, 1.165) is 16.4 Å². The molecule has 5 heteroatoms. The van der Waals surface area contributed by atoms with Gasteiger partial charge in [0.2, 0.25) is 0 Å². The van der Waals surface area contributed by atoms with Gasteiger partial charge < -0.3 is 10.1 Å². The number of halogens is 1. The van der Waals surface area contributed by atoms with E-state index in [1.807, 2.05) is 0 Å². The zero-order chi connectivity index (χ0) is 13.0. The number of rotatable bonds is 5. The summed E-state index contributed by atoms with van der Waals surface area (Å²) in [6, 6.07) is 8.65. The van der Waals surface area contributed by atoms with E-state index < -0.39 is 0 Å². The van der Waals surface area contributed by atoms with Crippen LogP contribution in [0.3, 0.4) is 0 Å². The summed E-state index contributed by atoms with van der Waals surface area (Å²) in [5.74, 6) is 0. The fourth-order valence-corrected chi connectivity index (χ4v) is 2.79. The summed E-state index contributed by atoms with van der Waals surface area (Å²) < 4.78 is 6.33. The minimum Gasteiger partial charge on any atom is -0.383 e. The van der Waals surface area contributed by atoms with Crippen molar-refractivity contribution in [1.82, 2.24) is 4.98 Å². The average molecular weight is 374 g/mol. The van der Waals surface area contributed by atoms with Gasteiger partial charge in [0, 0.05) is 27.7 Å². The van der Waals surface area contributed by atoms with Crippen molar-refractivity contribution in [3.8, 4) is 11.3 Å². The van der Waals surface area contributed by atoms with Crippen LogP contribution in [0.1, 0.15) is 6.92 Å². The lowest BCUT2D eigenvalue weighted by atomic mass is 10.2. The number of ether oxygens (including phenoxy) is 1. The molecule has 96 valence electrons. The second-order valence-corrected chi connectivity index (χ2v) is 6.15. The number of thiazole rings is 1. The molecule has 0 bridgehead atoms. The maximum Gasteiger partial charge on any atom is 0.183 e. The molecule has 0 fully saturated rings. The number of benzene rings is 1. The van der Waals surface area contributed by atoms with Crippen LogP contribution in [-0.4, -0.2) is 24.7 Å². The normalized spacial score (nSPS) is 12.4. The molecular weight excluding hydrogens is 359 g/mol. The van der Waals surface area contributed by atoms with Gasteiger partial charge in [0.1, 0.15) is 0 Å². The molecule has 0 aliphatic carbocycles. The average Bonchev–Trinajstić information content (AvgIpc) is 2.78. The van der Waals surface area contributed by atoms with Crippen LogP contribution >= 0.6 is 33.9 Å². The third-order valence-electron chi connectivity index (χ3n) is 2.43. The topological polar surface area (TPSA) is 34.1 Å². The molecule has 1 N–H and O–H groups in total. The van der Waals surface area contributed by atoms with Gasteiger partial charge in [-0.05, 0) is 41.6 Å². The van der Waals surface area contributed by atoms with Crippen LogP contribution in [0.5, 0.6) is 0 Å². The van der Waals surface area contributed by atoms with Gasteiger partial charge >= 0.3 is 0 Å². The molecule has 1 heterocycles. The molecule has 0 saturated carbocycles. The Bertz CT molecular complexity index is 498. The van der Waals surface area contributed by atoms with Gasteiger partial charge in [-0.15, -0.1) is 11.3 Å². The fraction of sp³-hybridized carbons (Fsp3) is 0.308. The smallest absolute Gasteiger partial charge is 0.183 e. The van der Waals surface area contributed by atoms with Gasteiger partial charge in [-0.1, -0.05) is 12.1 Å². The highest BCUT2D eigenvalue weighted by Gasteiger charge is 2.07. The first-order chi connectivity index (χ1) is 8.69. The van der Waals surface area contributed by atoms with Crippen molar-refractivity contribution in [2.75, 3.05) is 19.0 Å². The molecule has 1 atom stereocenters. The summed E-state index contributed by atoms with van der Waals surface area (Å²) in [6.45, 7) is 2.76. The molecule has 2 aromatic rings. The van der Waals surface area contributed by atoms with E-state index in [1.165, 1.54) is 3.57 Å². The number of methoxy groups -OCH3 is 1. The predicted octanol–water partition coefficient (Wildman–Crippen LogP) is 3.86. The van der Waals surface area contributed by atoms with Gasteiger partial charge in [0.15, 0.2) is 5.13 Å². The molecule has 0 spiro atoms. The molecule has 0 aliphatic rings. The van der Waals surface area contributed by atoms with Crippen LogP contribution in [0, 0.1) is 3.57 Å². The molecule has 0 amide bonds. The number of nitrogens with zero attached hydrogens (tertiary/aromatic N) is 1. The van der Waals surface area contributed by atoms with Gasteiger partial charge in [-0.3, -0.25) is 0 Å². The lowest BCUT2D eigenvalue weighted by Crippen LogP contribution is -2.20. The monoisotopic (exact) mass is 374 g/mol. The van der Waals surface area contributed by atoms with Gasteiger partial charge in [0.25, 0.3) is 0 Å². The standard InChI is InChI=1S/C13H15IN2OS/c1-9(7-17-2)15-13-16-12(8-18-13)10-3-5-11(14)6-4-10/h3-6,8-9H,7H2,1-2H3,(H,15,16)/t9-/m1/s1. The molecule has 18 heavy (non-hydrogen) atoms. The van der Waals surface area contributed by atoms with Crippen LogP contribution < -0.4 is 5.32 Å². The van der Waals surface area contributed by atoms with E-state index in [4.69, 9.17) is 4.74 Å². The van der Waals surface area contributed by atoms with E-state index in [9.17, 15) is 0 Å². The Labute approximate surface area is 125 Å². The van der Waals surface area contributed by atoms with Crippen LogP contribution in [0.4, 0.5) is 5.13 Å². The first-order valence-electron chi connectivity index (χ1n) is 5.66. The lowest BCUT2D eigenvalue weighted by molar-refractivity contribution is 0.190. The molecule has 0 aliphatic heterocycles. The highest BCUT2D eigenvalue weighted by Crippen LogP contribution is 2.25. The molecule has 1 aromatic carbocycles. The molecule has 2 rings (SSSR count). The summed E-state index contributed by atoms with van der Waals surface area (Å²) in [7, 11) is 1.71. The summed E-state index contributed by atoms with van der Waals surface area (Å²) in [5.41, 5.74) is 2.17. The number of hydrogen-bond donors (Lipinski definition) is 1. The number of aromatic nitrogens is 1. The van der Waals surface area contributed by atoms with Gasteiger partial charge in [-0.25, -0.2) is 4.98 Å². The maximum atomic E-state index is 5.09. The molecule has 0 saturated heterocycles. The van der Waals surface area contributed by atoms with Crippen molar-refractivity contribution in [3.05, 3.63) is 33.2 Å². The third kappa shape index (κ3) is 3.66. The van der Waals surface area contributed by atoms with Gasteiger partial charge in [-0.2, -0.15) is 0 Å². The number of anilines is 1. The van der Waals surface area contributed by atoms with Crippen LogP contribution in [0.25, 0.3) is 11.3 Å².